The van der Waals surface area contributed by atoms with Gasteiger partial charge in [-0.15, -0.1) is 24.8 Å². The Morgan fingerprint density at radius 1 is 1.33 bits per heavy atom. The number of benzene rings is 1. The van der Waals surface area contributed by atoms with E-state index in [-0.39, 0.29) is 11.4 Å². The summed E-state index contributed by atoms with van der Waals surface area (Å²) in [6.07, 6.45) is -4.86. The highest BCUT2D eigenvalue weighted by Crippen LogP contribution is 2.30. The Labute approximate surface area is 87.6 Å². The second kappa shape index (κ2) is 4.14. The maximum atomic E-state index is 12.9. The van der Waals surface area contributed by atoms with Crippen molar-refractivity contribution in [2.45, 2.75) is 12.2 Å². The van der Waals surface area contributed by atoms with E-state index in [9.17, 15) is 17.6 Å². The Balaban J connectivity index is 3.11. The maximum Gasteiger partial charge on any atom is 0.573 e. The van der Waals surface area contributed by atoms with Crippen molar-refractivity contribution < 1.29 is 22.3 Å². The molecule has 0 aliphatic heterocycles. The predicted molar refractivity (Wildman–Crippen MR) is 47.1 cm³/mol. The lowest BCUT2D eigenvalue weighted by Gasteiger charge is -2.12. The minimum absolute atomic E-state index is 0.110. The highest BCUT2D eigenvalue weighted by Gasteiger charge is 2.32. The van der Waals surface area contributed by atoms with Crippen LogP contribution in [0.3, 0.4) is 0 Å². The zero-order valence-corrected chi connectivity index (χ0v) is 7.99. The number of alkyl halides is 4. The van der Waals surface area contributed by atoms with Crippen LogP contribution in [0.2, 0.25) is 0 Å². The van der Waals surface area contributed by atoms with Crippen LogP contribution in [-0.2, 0) is 5.88 Å². The monoisotopic (exact) mass is 243 g/mol. The number of halogens is 5. The Morgan fingerprint density at radius 2 is 1.93 bits per heavy atom. The van der Waals surface area contributed by atoms with Gasteiger partial charge >= 0.3 is 6.36 Å². The van der Waals surface area contributed by atoms with E-state index < -0.39 is 23.6 Å². The third-order valence-electron chi connectivity index (χ3n) is 1.55. The Bertz CT molecular complexity index is 366. The zero-order valence-electron chi connectivity index (χ0n) is 7.24. The summed E-state index contributed by atoms with van der Waals surface area (Å²) in [6, 6.07) is 1.56. The summed E-state index contributed by atoms with van der Waals surface area (Å²) in [6.45, 7) is 0. The molecule has 0 fully saturated rings. The lowest BCUT2D eigenvalue weighted by atomic mass is 10.2. The summed E-state index contributed by atoms with van der Waals surface area (Å²) < 4.78 is 52.2. The average molecular weight is 244 g/mol. The molecule has 7 heteroatoms. The zero-order chi connectivity index (χ0) is 11.6. The second-order valence-corrected chi connectivity index (χ2v) is 2.93. The summed E-state index contributed by atoms with van der Waals surface area (Å²) in [7, 11) is 0. The van der Waals surface area contributed by atoms with Gasteiger partial charge in [-0.2, -0.15) is 0 Å². The predicted octanol–water partition coefficient (Wildman–Crippen LogP) is 3.05. The van der Waals surface area contributed by atoms with Crippen molar-refractivity contribution in [3.8, 4) is 5.75 Å². The van der Waals surface area contributed by atoms with Gasteiger partial charge in [0.05, 0.1) is 11.6 Å². The average Bonchev–Trinajstić information content (AvgIpc) is 2.08. The standard InChI is InChI=1S/C8H6ClF4NO/c9-3-4-1-5(10)6(14)2-7(4)15-8(11,12)13/h1-2H,3,14H2. The third kappa shape index (κ3) is 3.16. The fraction of sp³-hybridized carbons (Fsp3) is 0.250. The molecule has 0 amide bonds. The number of rotatable bonds is 2. The van der Waals surface area contributed by atoms with Crippen LogP contribution in [0.1, 0.15) is 5.56 Å². The van der Waals surface area contributed by atoms with Crippen LogP contribution in [0.25, 0.3) is 0 Å². The lowest BCUT2D eigenvalue weighted by Crippen LogP contribution is -2.18. The Kier molecular flexibility index (Phi) is 3.28. The summed E-state index contributed by atoms with van der Waals surface area (Å²) >= 11 is 5.33. The number of nitrogens with two attached hydrogens (primary N) is 1. The molecule has 0 saturated heterocycles. The van der Waals surface area contributed by atoms with Crippen molar-refractivity contribution in [1.29, 1.82) is 0 Å². The van der Waals surface area contributed by atoms with Crippen LogP contribution in [0.5, 0.6) is 5.75 Å². The smallest absolute Gasteiger partial charge is 0.405 e. The number of hydrogen-bond acceptors (Lipinski definition) is 2. The van der Waals surface area contributed by atoms with Crippen LogP contribution in [-0.4, -0.2) is 6.36 Å². The normalized spacial score (nSPS) is 11.5. The van der Waals surface area contributed by atoms with Crippen LogP contribution in [0.15, 0.2) is 12.1 Å². The van der Waals surface area contributed by atoms with E-state index in [0.29, 0.717) is 0 Å². The molecule has 2 nitrogen and oxygen atoms in total. The van der Waals surface area contributed by atoms with Crippen molar-refractivity contribution >= 4 is 17.3 Å². The molecule has 0 spiro atoms. The fourth-order valence-corrected chi connectivity index (χ4v) is 1.14. The largest absolute Gasteiger partial charge is 0.573 e. The number of anilines is 1. The summed E-state index contributed by atoms with van der Waals surface area (Å²) in [4.78, 5) is 0. The van der Waals surface area contributed by atoms with Crippen molar-refractivity contribution in [1.82, 2.24) is 0 Å². The van der Waals surface area contributed by atoms with Crippen LogP contribution < -0.4 is 10.5 Å². The molecule has 1 aromatic carbocycles. The van der Waals surface area contributed by atoms with E-state index in [1.807, 2.05) is 0 Å². The molecule has 1 rings (SSSR count). The van der Waals surface area contributed by atoms with Crippen molar-refractivity contribution in [2.75, 3.05) is 5.73 Å². The molecule has 1 aromatic rings. The van der Waals surface area contributed by atoms with Gasteiger partial charge in [0.1, 0.15) is 11.6 Å². The van der Waals surface area contributed by atoms with Gasteiger partial charge in [0.25, 0.3) is 0 Å². The number of nitrogen functional groups attached to an aromatic ring is 1. The van der Waals surface area contributed by atoms with Crippen LogP contribution in [0.4, 0.5) is 23.2 Å². The molecule has 0 aliphatic rings. The summed E-state index contributed by atoms with van der Waals surface area (Å²) in [5.74, 6) is -1.72. The Hall–Kier alpha value is -1.17. The third-order valence-corrected chi connectivity index (χ3v) is 1.84. The first-order chi connectivity index (χ1) is 6.83. The van der Waals surface area contributed by atoms with E-state index in [4.69, 9.17) is 17.3 Å². The van der Waals surface area contributed by atoms with Gasteiger partial charge < -0.3 is 10.5 Å². The molecule has 0 atom stereocenters. The minimum Gasteiger partial charge on any atom is -0.405 e. The first kappa shape index (κ1) is 11.9. The second-order valence-electron chi connectivity index (χ2n) is 2.66. The van der Waals surface area contributed by atoms with Crippen LogP contribution in [0, 0.1) is 5.82 Å². The van der Waals surface area contributed by atoms with Crippen molar-refractivity contribution in [3.63, 3.8) is 0 Å². The first-order valence-corrected chi connectivity index (χ1v) is 4.26. The van der Waals surface area contributed by atoms with Gasteiger partial charge in [0, 0.05) is 11.6 Å². The quantitative estimate of drug-likeness (QED) is 0.492. The molecule has 0 unspecified atom stereocenters. The van der Waals surface area contributed by atoms with E-state index in [0.717, 1.165) is 12.1 Å². The number of ether oxygens (including phenoxy) is 1. The van der Waals surface area contributed by atoms with Gasteiger partial charge in [-0.25, -0.2) is 4.39 Å². The molecule has 2 N–H and O–H groups in total. The molecule has 0 heterocycles. The highest BCUT2D eigenvalue weighted by atomic mass is 35.5. The summed E-state index contributed by atoms with van der Waals surface area (Å²) in [5.41, 5.74) is 4.56. The van der Waals surface area contributed by atoms with Crippen molar-refractivity contribution in [2.24, 2.45) is 0 Å². The fourth-order valence-electron chi connectivity index (χ4n) is 0.934. The topological polar surface area (TPSA) is 35.2 Å². The molecular weight excluding hydrogens is 238 g/mol. The molecule has 84 valence electrons. The highest BCUT2D eigenvalue weighted by molar-refractivity contribution is 6.17. The molecule has 0 saturated carbocycles. The van der Waals surface area contributed by atoms with E-state index in [1.165, 1.54) is 0 Å². The minimum atomic E-state index is -4.86. The molecule has 15 heavy (non-hydrogen) atoms. The van der Waals surface area contributed by atoms with Gasteiger partial charge in [-0.05, 0) is 6.07 Å². The van der Waals surface area contributed by atoms with E-state index in [2.05, 4.69) is 4.74 Å². The molecule has 0 radical (unpaired) electrons. The lowest BCUT2D eigenvalue weighted by molar-refractivity contribution is -0.274. The molecular formula is C8H6ClF4NO. The van der Waals surface area contributed by atoms with Crippen LogP contribution >= 0.6 is 11.6 Å². The van der Waals surface area contributed by atoms with Gasteiger partial charge in [0.15, 0.2) is 0 Å². The van der Waals surface area contributed by atoms with Gasteiger partial charge in [-0.1, -0.05) is 0 Å². The molecule has 0 bridgehead atoms. The summed E-state index contributed by atoms with van der Waals surface area (Å²) in [5, 5.41) is 0. The first-order valence-electron chi connectivity index (χ1n) is 3.73. The SMILES string of the molecule is Nc1cc(OC(F)(F)F)c(CCl)cc1F. The Morgan fingerprint density at radius 3 is 2.40 bits per heavy atom. The molecule has 0 aromatic heterocycles. The van der Waals surface area contributed by atoms with Crippen molar-refractivity contribution in [3.05, 3.63) is 23.5 Å². The molecule has 0 aliphatic carbocycles. The number of hydrogen-bond donors (Lipinski definition) is 1. The van der Waals surface area contributed by atoms with E-state index >= 15 is 0 Å². The maximum absolute atomic E-state index is 12.9. The van der Waals surface area contributed by atoms with Gasteiger partial charge in [0.2, 0.25) is 0 Å². The van der Waals surface area contributed by atoms with Gasteiger partial charge in [-0.3, -0.25) is 0 Å². The van der Waals surface area contributed by atoms with E-state index in [1.54, 1.807) is 0 Å².